The highest BCUT2D eigenvalue weighted by molar-refractivity contribution is 5.97. The molecule has 0 spiro atoms. The van der Waals surface area contributed by atoms with Crippen LogP contribution in [0.2, 0.25) is 0 Å². The Hall–Kier alpha value is -3.05. The number of halogens is 1. The highest BCUT2D eigenvalue weighted by Gasteiger charge is 2.25. The molecule has 0 saturated carbocycles. The average molecular weight is 403 g/mol. The fourth-order valence-electron chi connectivity index (χ4n) is 3.90. The summed E-state index contributed by atoms with van der Waals surface area (Å²) in [7, 11) is 0. The van der Waals surface area contributed by atoms with Crippen LogP contribution in [0.3, 0.4) is 0 Å². The largest absolute Gasteiger partial charge is 0.299 e. The second kappa shape index (κ2) is 9.63. The minimum absolute atomic E-state index is 0.234. The van der Waals surface area contributed by atoms with Gasteiger partial charge in [-0.15, -0.1) is 0 Å². The molecule has 1 aliphatic rings. The summed E-state index contributed by atoms with van der Waals surface area (Å²) in [4.78, 5) is 6.91. The van der Waals surface area contributed by atoms with Gasteiger partial charge in [0.1, 0.15) is 5.82 Å². The first-order valence-corrected chi connectivity index (χ1v) is 10.5. The summed E-state index contributed by atoms with van der Waals surface area (Å²) in [5.74, 6) is -0.234. The molecule has 1 aliphatic heterocycles. The van der Waals surface area contributed by atoms with Crippen molar-refractivity contribution < 1.29 is 4.39 Å². The first-order chi connectivity index (χ1) is 14.7. The topological polar surface area (TPSA) is 31.7 Å². The van der Waals surface area contributed by atoms with E-state index in [1.54, 1.807) is 18.3 Å². The number of nitrogens with zero attached hydrogens (tertiary/aromatic N) is 4. The second-order valence-electron chi connectivity index (χ2n) is 7.71. The van der Waals surface area contributed by atoms with Gasteiger partial charge in [-0.25, -0.2) is 4.39 Å². The number of piperidine rings is 1. The number of anilines is 1. The van der Waals surface area contributed by atoms with Gasteiger partial charge in [-0.3, -0.25) is 14.9 Å². The molecule has 1 fully saturated rings. The summed E-state index contributed by atoms with van der Waals surface area (Å²) >= 11 is 0. The van der Waals surface area contributed by atoms with E-state index in [0.717, 1.165) is 49.6 Å². The number of likely N-dealkylation sites (tertiary alicyclic amines) is 1. The van der Waals surface area contributed by atoms with Crippen molar-refractivity contribution in [1.29, 1.82) is 0 Å². The monoisotopic (exact) mass is 402 g/mol. The van der Waals surface area contributed by atoms with E-state index in [-0.39, 0.29) is 11.9 Å². The SMILES string of the molecule is C/C(=N\N(c1ccc(F)cc1)C1CCN(Cc2ccccc2)CC1)c1ccccn1. The van der Waals surface area contributed by atoms with Crippen molar-refractivity contribution in [2.75, 3.05) is 18.1 Å². The van der Waals surface area contributed by atoms with E-state index >= 15 is 0 Å². The molecule has 0 atom stereocenters. The summed E-state index contributed by atoms with van der Waals surface area (Å²) < 4.78 is 13.5. The fraction of sp³-hybridized carbons (Fsp3) is 0.280. The molecule has 2 heterocycles. The summed E-state index contributed by atoms with van der Waals surface area (Å²) in [6.07, 6.45) is 3.78. The number of hydrazone groups is 1. The first-order valence-electron chi connectivity index (χ1n) is 10.5. The zero-order chi connectivity index (χ0) is 20.8. The molecule has 1 aromatic heterocycles. The van der Waals surface area contributed by atoms with Gasteiger partial charge in [-0.1, -0.05) is 36.4 Å². The molecule has 4 nitrogen and oxygen atoms in total. The molecule has 2 aromatic carbocycles. The van der Waals surface area contributed by atoms with Crippen molar-refractivity contribution in [2.24, 2.45) is 5.10 Å². The predicted molar refractivity (Wildman–Crippen MR) is 120 cm³/mol. The molecule has 5 heteroatoms. The van der Waals surface area contributed by atoms with Crippen LogP contribution in [0.1, 0.15) is 31.0 Å². The molecule has 1 saturated heterocycles. The van der Waals surface area contributed by atoms with Crippen molar-refractivity contribution in [2.45, 2.75) is 32.4 Å². The summed E-state index contributed by atoms with van der Waals surface area (Å²) in [6, 6.07) is 23.3. The van der Waals surface area contributed by atoms with E-state index in [2.05, 4.69) is 45.2 Å². The van der Waals surface area contributed by atoms with Crippen molar-refractivity contribution in [1.82, 2.24) is 9.88 Å². The standard InChI is InChI=1S/C25H27FN4/c1-20(25-9-5-6-16-27-25)28-30(23-12-10-22(26)11-13-23)24-14-17-29(18-15-24)19-21-7-3-2-4-8-21/h2-13,16,24H,14-15,17-19H2,1H3/b28-20+. The van der Waals surface area contributed by atoms with Gasteiger partial charge in [0.05, 0.1) is 23.1 Å². The van der Waals surface area contributed by atoms with Crippen LogP contribution >= 0.6 is 0 Å². The van der Waals surface area contributed by atoms with E-state index in [9.17, 15) is 4.39 Å². The van der Waals surface area contributed by atoms with Gasteiger partial charge in [0.15, 0.2) is 0 Å². The lowest BCUT2D eigenvalue weighted by Crippen LogP contribution is -2.43. The molecule has 0 bridgehead atoms. The van der Waals surface area contributed by atoms with Crippen LogP contribution < -0.4 is 5.01 Å². The maximum Gasteiger partial charge on any atom is 0.123 e. The number of rotatable bonds is 6. The van der Waals surface area contributed by atoms with Crippen LogP contribution in [0.4, 0.5) is 10.1 Å². The molecule has 30 heavy (non-hydrogen) atoms. The molecule has 3 aromatic rings. The molecule has 0 radical (unpaired) electrons. The fourth-order valence-corrected chi connectivity index (χ4v) is 3.90. The average Bonchev–Trinajstić information content (AvgIpc) is 2.80. The Bertz CT molecular complexity index is 949. The number of pyridine rings is 1. The molecular formula is C25H27FN4. The summed E-state index contributed by atoms with van der Waals surface area (Å²) in [6.45, 7) is 4.97. The highest BCUT2D eigenvalue weighted by Crippen LogP contribution is 2.26. The number of benzene rings is 2. The number of hydrogen-bond donors (Lipinski definition) is 0. The van der Waals surface area contributed by atoms with Crippen LogP contribution in [0, 0.1) is 5.82 Å². The van der Waals surface area contributed by atoms with Crippen molar-refractivity contribution >= 4 is 11.4 Å². The van der Waals surface area contributed by atoms with Crippen molar-refractivity contribution in [3.63, 3.8) is 0 Å². The molecule has 0 unspecified atom stereocenters. The van der Waals surface area contributed by atoms with Crippen LogP contribution in [0.25, 0.3) is 0 Å². The van der Waals surface area contributed by atoms with Crippen LogP contribution in [0.5, 0.6) is 0 Å². The summed E-state index contributed by atoms with van der Waals surface area (Å²) in [5, 5.41) is 6.98. The van der Waals surface area contributed by atoms with Crippen LogP contribution in [-0.4, -0.2) is 34.7 Å². The number of aromatic nitrogens is 1. The normalized spacial score (nSPS) is 15.9. The Labute approximate surface area is 177 Å². The van der Waals surface area contributed by atoms with E-state index in [0.29, 0.717) is 0 Å². The lowest BCUT2D eigenvalue weighted by molar-refractivity contribution is 0.201. The third kappa shape index (κ3) is 5.10. The maximum atomic E-state index is 13.5. The minimum atomic E-state index is -0.234. The predicted octanol–water partition coefficient (Wildman–Crippen LogP) is 5.12. The maximum absolute atomic E-state index is 13.5. The van der Waals surface area contributed by atoms with Gasteiger partial charge in [0, 0.05) is 25.8 Å². The lowest BCUT2D eigenvalue weighted by Gasteiger charge is -2.37. The van der Waals surface area contributed by atoms with Crippen molar-refractivity contribution in [3.05, 3.63) is 96.1 Å². The zero-order valence-corrected chi connectivity index (χ0v) is 17.3. The lowest BCUT2D eigenvalue weighted by atomic mass is 10.0. The molecule has 154 valence electrons. The Morgan fingerprint density at radius 3 is 2.37 bits per heavy atom. The number of hydrogen-bond acceptors (Lipinski definition) is 4. The molecule has 0 amide bonds. The van der Waals surface area contributed by atoms with Crippen LogP contribution in [-0.2, 0) is 6.54 Å². The molecular weight excluding hydrogens is 375 g/mol. The summed E-state index contributed by atoms with van der Waals surface area (Å²) in [5.41, 5.74) is 3.96. The Morgan fingerprint density at radius 2 is 1.70 bits per heavy atom. The first kappa shape index (κ1) is 20.2. The van der Waals surface area contributed by atoms with Crippen molar-refractivity contribution in [3.8, 4) is 0 Å². The Kier molecular flexibility index (Phi) is 6.50. The van der Waals surface area contributed by atoms with E-state index in [1.165, 1.54) is 17.7 Å². The Morgan fingerprint density at radius 1 is 1.00 bits per heavy atom. The molecule has 4 rings (SSSR count). The second-order valence-corrected chi connectivity index (χ2v) is 7.71. The molecule has 0 aliphatic carbocycles. The Balaban J connectivity index is 1.51. The van der Waals surface area contributed by atoms with E-state index < -0.39 is 0 Å². The molecule has 0 N–H and O–H groups in total. The van der Waals surface area contributed by atoms with Gasteiger partial charge >= 0.3 is 0 Å². The smallest absolute Gasteiger partial charge is 0.123 e. The van der Waals surface area contributed by atoms with E-state index in [4.69, 9.17) is 5.10 Å². The quantitative estimate of drug-likeness (QED) is 0.424. The van der Waals surface area contributed by atoms with Gasteiger partial charge < -0.3 is 0 Å². The van der Waals surface area contributed by atoms with E-state index in [1.807, 2.05) is 25.1 Å². The van der Waals surface area contributed by atoms with Crippen LogP contribution in [0.15, 0.2) is 84.1 Å². The van der Waals surface area contributed by atoms with Gasteiger partial charge in [0.2, 0.25) is 0 Å². The van der Waals surface area contributed by atoms with Gasteiger partial charge in [-0.05, 0) is 61.7 Å². The van der Waals surface area contributed by atoms with Gasteiger partial charge in [-0.2, -0.15) is 5.10 Å². The third-order valence-electron chi connectivity index (χ3n) is 5.54. The van der Waals surface area contributed by atoms with Gasteiger partial charge in [0.25, 0.3) is 0 Å². The third-order valence-corrected chi connectivity index (χ3v) is 5.54. The zero-order valence-electron chi connectivity index (χ0n) is 17.3. The highest BCUT2D eigenvalue weighted by atomic mass is 19.1. The minimum Gasteiger partial charge on any atom is -0.299 e.